The number of hydrogen-bond donors (Lipinski definition) is 2. The first-order valence-corrected chi connectivity index (χ1v) is 6.80. The van der Waals surface area contributed by atoms with Crippen LogP contribution in [0, 0.1) is 23.7 Å². The van der Waals surface area contributed by atoms with Gasteiger partial charge in [0.05, 0.1) is 0 Å². The molecule has 0 radical (unpaired) electrons. The fourth-order valence-electron chi connectivity index (χ4n) is 2.87. The standard InChI is InChI=1S/C13H22N2O.ClH/c14-7-11(8-1-2-8)15-13(16)12(9-3-4-9)10-5-6-10;/h8-12H,1-7,14H2,(H,15,16);1H. The van der Waals surface area contributed by atoms with E-state index in [-0.39, 0.29) is 18.4 Å². The van der Waals surface area contributed by atoms with E-state index in [9.17, 15) is 4.79 Å². The van der Waals surface area contributed by atoms with Gasteiger partial charge in [-0.2, -0.15) is 0 Å². The second-order valence-electron chi connectivity index (χ2n) is 5.89. The van der Waals surface area contributed by atoms with Crippen molar-refractivity contribution in [2.24, 2.45) is 29.4 Å². The van der Waals surface area contributed by atoms with Gasteiger partial charge < -0.3 is 11.1 Å². The fourth-order valence-corrected chi connectivity index (χ4v) is 2.87. The van der Waals surface area contributed by atoms with E-state index in [0.717, 1.165) is 0 Å². The highest BCUT2D eigenvalue weighted by molar-refractivity contribution is 5.85. The second-order valence-corrected chi connectivity index (χ2v) is 5.89. The van der Waals surface area contributed by atoms with E-state index >= 15 is 0 Å². The summed E-state index contributed by atoms with van der Waals surface area (Å²) in [6.07, 6.45) is 7.58. The Labute approximate surface area is 109 Å². The number of amides is 1. The van der Waals surface area contributed by atoms with E-state index in [1.807, 2.05) is 0 Å². The van der Waals surface area contributed by atoms with Crippen molar-refractivity contribution in [2.75, 3.05) is 6.54 Å². The third-order valence-corrected chi connectivity index (χ3v) is 4.34. The van der Waals surface area contributed by atoms with Crippen LogP contribution in [0.15, 0.2) is 0 Å². The van der Waals surface area contributed by atoms with Gasteiger partial charge in [0.2, 0.25) is 5.91 Å². The summed E-state index contributed by atoms with van der Waals surface area (Å²) in [4.78, 5) is 12.2. The average Bonchev–Trinajstić information content (AvgIpc) is 3.15. The van der Waals surface area contributed by atoms with Gasteiger partial charge in [0.25, 0.3) is 0 Å². The molecule has 4 heteroatoms. The lowest BCUT2D eigenvalue weighted by Crippen LogP contribution is -2.45. The molecule has 1 amide bonds. The summed E-state index contributed by atoms with van der Waals surface area (Å²) in [5, 5.41) is 3.21. The molecule has 98 valence electrons. The van der Waals surface area contributed by atoms with Crippen molar-refractivity contribution in [3.8, 4) is 0 Å². The quantitative estimate of drug-likeness (QED) is 0.762. The van der Waals surface area contributed by atoms with Crippen molar-refractivity contribution in [1.82, 2.24) is 5.32 Å². The minimum atomic E-state index is 0. The number of carbonyl (C=O) groups excluding carboxylic acids is 1. The molecule has 17 heavy (non-hydrogen) atoms. The molecule has 0 saturated heterocycles. The molecule has 0 aliphatic heterocycles. The third-order valence-electron chi connectivity index (χ3n) is 4.34. The van der Waals surface area contributed by atoms with Gasteiger partial charge in [-0.05, 0) is 56.3 Å². The molecular formula is C13H23ClN2O. The normalized spacial score (nSPS) is 25.3. The summed E-state index contributed by atoms with van der Waals surface area (Å²) in [7, 11) is 0. The molecule has 0 heterocycles. The predicted molar refractivity (Wildman–Crippen MR) is 69.9 cm³/mol. The molecule has 1 unspecified atom stereocenters. The van der Waals surface area contributed by atoms with Crippen molar-refractivity contribution in [3.63, 3.8) is 0 Å². The molecule has 0 aromatic rings. The van der Waals surface area contributed by atoms with Crippen molar-refractivity contribution in [1.29, 1.82) is 0 Å². The molecule has 0 bridgehead atoms. The van der Waals surface area contributed by atoms with E-state index < -0.39 is 0 Å². The molecule has 0 spiro atoms. The van der Waals surface area contributed by atoms with E-state index in [1.54, 1.807) is 0 Å². The maximum atomic E-state index is 12.2. The predicted octanol–water partition coefficient (Wildman–Crippen LogP) is 1.70. The highest BCUT2D eigenvalue weighted by Gasteiger charge is 2.46. The Hall–Kier alpha value is -0.280. The Kier molecular flexibility index (Phi) is 3.99. The van der Waals surface area contributed by atoms with Crippen molar-refractivity contribution >= 4 is 18.3 Å². The highest BCUT2D eigenvalue weighted by atomic mass is 35.5. The topological polar surface area (TPSA) is 55.1 Å². The Morgan fingerprint density at radius 3 is 1.88 bits per heavy atom. The van der Waals surface area contributed by atoms with Gasteiger partial charge >= 0.3 is 0 Å². The molecule has 3 aliphatic carbocycles. The molecule has 3 nitrogen and oxygen atoms in total. The summed E-state index contributed by atoms with van der Waals surface area (Å²) in [5.74, 6) is 2.71. The maximum Gasteiger partial charge on any atom is 0.223 e. The average molecular weight is 259 g/mol. The molecule has 3 fully saturated rings. The highest BCUT2D eigenvalue weighted by Crippen LogP contribution is 2.49. The van der Waals surface area contributed by atoms with Crippen LogP contribution in [-0.2, 0) is 4.79 Å². The summed E-state index contributed by atoms with van der Waals surface area (Å²) in [5.41, 5.74) is 5.73. The molecule has 3 saturated carbocycles. The molecule has 3 N–H and O–H groups in total. The van der Waals surface area contributed by atoms with E-state index in [0.29, 0.717) is 36.1 Å². The number of halogens is 1. The number of nitrogens with two attached hydrogens (primary N) is 1. The van der Waals surface area contributed by atoms with Crippen molar-refractivity contribution < 1.29 is 4.79 Å². The molecule has 3 rings (SSSR count). The van der Waals surface area contributed by atoms with Crippen LogP contribution in [0.5, 0.6) is 0 Å². The smallest absolute Gasteiger partial charge is 0.223 e. The third kappa shape index (κ3) is 3.14. The Morgan fingerprint density at radius 2 is 1.53 bits per heavy atom. The van der Waals surface area contributed by atoms with Gasteiger partial charge in [0.1, 0.15) is 0 Å². The number of hydrogen-bond acceptors (Lipinski definition) is 2. The SMILES string of the molecule is Cl.NCC(NC(=O)C(C1CC1)C1CC1)C1CC1. The second kappa shape index (κ2) is 5.15. The minimum absolute atomic E-state index is 0. The Balaban J connectivity index is 0.00000108. The molecule has 3 aliphatic rings. The van der Waals surface area contributed by atoms with Crippen LogP contribution in [0.1, 0.15) is 38.5 Å². The zero-order valence-electron chi connectivity index (χ0n) is 10.2. The largest absolute Gasteiger partial charge is 0.352 e. The van der Waals surface area contributed by atoms with Gasteiger partial charge in [-0.3, -0.25) is 4.79 Å². The molecular weight excluding hydrogens is 236 g/mol. The number of rotatable bonds is 6. The lowest BCUT2D eigenvalue weighted by molar-refractivity contribution is -0.127. The lowest BCUT2D eigenvalue weighted by atomic mass is 9.96. The number of nitrogens with one attached hydrogen (secondary N) is 1. The molecule has 0 aromatic heterocycles. The summed E-state index contributed by atoms with van der Waals surface area (Å²) < 4.78 is 0. The van der Waals surface area contributed by atoms with Crippen LogP contribution in [0.3, 0.4) is 0 Å². The van der Waals surface area contributed by atoms with Gasteiger partial charge in [-0.1, -0.05) is 0 Å². The molecule has 0 aromatic carbocycles. The maximum absolute atomic E-state index is 12.2. The monoisotopic (exact) mass is 258 g/mol. The zero-order chi connectivity index (χ0) is 11.1. The van der Waals surface area contributed by atoms with Crippen LogP contribution in [0.25, 0.3) is 0 Å². The first-order valence-electron chi connectivity index (χ1n) is 6.80. The van der Waals surface area contributed by atoms with Crippen LogP contribution >= 0.6 is 12.4 Å². The van der Waals surface area contributed by atoms with Crippen LogP contribution in [0.4, 0.5) is 0 Å². The summed E-state index contributed by atoms with van der Waals surface area (Å²) in [6.45, 7) is 0.610. The van der Waals surface area contributed by atoms with Crippen LogP contribution < -0.4 is 11.1 Å². The Bertz CT molecular complexity index is 273. The van der Waals surface area contributed by atoms with Crippen LogP contribution in [-0.4, -0.2) is 18.5 Å². The zero-order valence-corrected chi connectivity index (χ0v) is 11.0. The minimum Gasteiger partial charge on any atom is -0.352 e. The van der Waals surface area contributed by atoms with E-state index in [2.05, 4.69) is 5.32 Å². The fraction of sp³-hybridized carbons (Fsp3) is 0.923. The first-order chi connectivity index (χ1) is 7.79. The van der Waals surface area contributed by atoms with E-state index in [1.165, 1.54) is 38.5 Å². The summed E-state index contributed by atoms with van der Waals surface area (Å²) >= 11 is 0. The van der Waals surface area contributed by atoms with Crippen molar-refractivity contribution in [2.45, 2.75) is 44.6 Å². The van der Waals surface area contributed by atoms with Gasteiger partial charge in [0.15, 0.2) is 0 Å². The number of carbonyl (C=O) groups is 1. The van der Waals surface area contributed by atoms with Crippen molar-refractivity contribution in [3.05, 3.63) is 0 Å². The lowest BCUT2D eigenvalue weighted by Gasteiger charge is -2.21. The van der Waals surface area contributed by atoms with E-state index in [4.69, 9.17) is 5.73 Å². The Morgan fingerprint density at radius 1 is 1.06 bits per heavy atom. The first kappa shape index (κ1) is 13.2. The summed E-state index contributed by atoms with van der Waals surface area (Å²) in [6, 6.07) is 0.257. The van der Waals surface area contributed by atoms with Crippen LogP contribution in [0.2, 0.25) is 0 Å². The van der Waals surface area contributed by atoms with Gasteiger partial charge in [-0.25, -0.2) is 0 Å². The van der Waals surface area contributed by atoms with Gasteiger partial charge in [-0.15, -0.1) is 12.4 Å². The molecule has 1 atom stereocenters. The van der Waals surface area contributed by atoms with Gasteiger partial charge in [0, 0.05) is 18.5 Å².